The minimum absolute atomic E-state index is 0.187. The van der Waals surface area contributed by atoms with Crippen molar-refractivity contribution in [3.8, 4) is 5.75 Å². The van der Waals surface area contributed by atoms with Crippen molar-refractivity contribution >= 4 is 11.7 Å². The van der Waals surface area contributed by atoms with Gasteiger partial charge in [0, 0.05) is 18.8 Å². The number of hydrogen-bond donors (Lipinski definition) is 1. The lowest BCUT2D eigenvalue weighted by atomic mass is 10.1. The van der Waals surface area contributed by atoms with Gasteiger partial charge in [-0.25, -0.2) is 0 Å². The van der Waals surface area contributed by atoms with Crippen molar-refractivity contribution in [2.45, 2.75) is 19.8 Å². The summed E-state index contributed by atoms with van der Waals surface area (Å²) in [6.07, 6.45) is 1.16. The summed E-state index contributed by atoms with van der Waals surface area (Å²) < 4.78 is 5.45. The number of carbonyl (C=O) groups is 1. The summed E-state index contributed by atoms with van der Waals surface area (Å²) in [5.41, 5.74) is 2.40. The number of ether oxygens (including phenoxy) is 1. The van der Waals surface area contributed by atoms with Crippen LogP contribution < -0.4 is 9.64 Å². The molecular formula is C13H17NO3. The number of carboxylic acids is 1. The van der Waals surface area contributed by atoms with E-state index in [4.69, 9.17) is 9.84 Å². The molecule has 0 spiro atoms. The fourth-order valence-corrected chi connectivity index (χ4v) is 2.17. The van der Waals surface area contributed by atoms with Crippen LogP contribution >= 0.6 is 0 Å². The van der Waals surface area contributed by atoms with Crippen LogP contribution in [-0.2, 0) is 11.2 Å². The molecule has 4 heteroatoms. The van der Waals surface area contributed by atoms with Gasteiger partial charge in [-0.2, -0.15) is 0 Å². The standard InChI is InChI=1S/C13H17NO3/c1-2-17-11-3-4-12-10(9-11)5-7-14(12)8-6-13(15)16/h3-4,9H,2,5-8H2,1H3,(H,15,16). The highest BCUT2D eigenvalue weighted by Gasteiger charge is 2.19. The molecule has 92 valence electrons. The summed E-state index contributed by atoms with van der Waals surface area (Å²) in [5, 5.41) is 8.69. The number of aliphatic carboxylic acids is 1. The third kappa shape index (κ3) is 2.70. The lowest BCUT2D eigenvalue weighted by Gasteiger charge is -2.18. The second kappa shape index (κ2) is 5.08. The van der Waals surface area contributed by atoms with Gasteiger partial charge in [-0.3, -0.25) is 4.79 Å². The van der Waals surface area contributed by atoms with E-state index in [9.17, 15) is 4.79 Å². The molecular weight excluding hydrogens is 218 g/mol. The summed E-state index contributed by atoms with van der Waals surface area (Å²) in [6.45, 7) is 4.11. The average Bonchev–Trinajstić information content (AvgIpc) is 2.69. The van der Waals surface area contributed by atoms with Gasteiger partial charge < -0.3 is 14.7 Å². The van der Waals surface area contributed by atoms with E-state index in [1.54, 1.807) is 0 Å². The Morgan fingerprint density at radius 3 is 3.06 bits per heavy atom. The summed E-state index contributed by atoms with van der Waals surface area (Å²) in [7, 11) is 0. The number of fused-ring (bicyclic) bond motifs is 1. The van der Waals surface area contributed by atoms with Crippen LogP contribution in [0.3, 0.4) is 0 Å². The quantitative estimate of drug-likeness (QED) is 0.847. The summed E-state index contributed by atoms with van der Waals surface area (Å²) in [5.74, 6) is 0.149. The molecule has 0 bridgehead atoms. The molecule has 1 heterocycles. The molecule has 0 fully saturated rings. The Morgan fingerprint density at radius 1 is 1.53 bits per heavy atom. The predicted molar refractivity (Wildman–Crippen MR) is 65.8 cm³/mol. The maximum Gasteiger partial charge on any atom is 0.305 e. The van der Waals surface area contributed by atoms with E-state index in [1.165, 1.54) is 5.56 Å². The molecule has 1 N–H and O–H groups in total. The van der Waals surface area contributed by atoms with Crippen LogP contribution in [0.5, 0.6) is 5.75 Å². The van der Waals surface area contributed by atoms with Crippen LogP contribution in [0.1, 0.15) is 18.9 Å². The van der Waals surface area contributed by atoms with Gasteiger partial charge in [-0.1, -0.05) is 0 Å². The first-order valence-electron chi connectivity index (χ1n) is 5.93. The van der Waals surface area contributed by atoms with Gasteiger partial charge >= 0.3 is 5.97 Å². The number of anilines is 1. The molecule has 0 aliphatic carbocycles. The van der Waals surface area contributed by atoms with Crippen LogP contribution in [0.25, 0.3) is 0 Å². The SMILES string of the molecule is CCOc1ccc2c(c1)CCN2CCC(=O)O. The molecule has 0 atom stereocenters. The smallest absolute Gasteiger partial charge is 0.305 e. The highest BCUT2D eigenvalue weighted by atomic mass is 16.5. The molecule has 0 aromatic heterocycles. The maximum atomic E-state index is 10.6. The Balaban J connectivity index is 2.07. The van der Waals surface area contributed by atoms with E-state index in [2.05, 4.69) is 11.0 Å². The fourth-order valence-electron chi connectivity index (χ4n) is 2.17. The number of carboxylic acid groups (broad SMARTS) is 1. The van der Waals surface area contributed by atoms with E-state index >= 15 is 0 Å². The monoisotopic (exact) mass is 235 g/mol. The first kappa shape index (κ1) is 11.8. The van der Waals surface area contributed by atoms with E-state index in [0.29, 0.717) is 13.2 Å². The Labute approximate surface area is 101 Å². The number of benzene rings is 1. The topological polar surface area (TPSA) is 49.8 Å². The molecule has 0 amide bonds. The highest BCUT2D eigenvalue weighted by molar-refractivity contribution is 5.68. The van der Waals surface area contributed by atoms with Crippen molar-refractivity contribution < 1.29 is 14.6 Å². The van der Waals surface area contributed by atoms with Gasteiger partial charge in [0.25, 0.3) is 0 Å². The van der Waals surface area contributed by atoms with Crippen LogP contribution in [0.15, 0.2) is 18.2 Å². The Hall–Kier alpha value is -1.71. The van der Waals surface area contributed by atoms with E-state index in [1.807, 2.05) is 19.1 Å². The van der Waals surface area contributed by atoms with Crippen molar-refractivity contribution in [2.75, 3.05) is 24.6 Å². The normalized spacial score (nSPS) is 13.6. The molecule has 4 nitrogen and oxygen atoms in total. The molecule has 1 aromatic carbocycles. The van der Waals surface area contributed by atoms with Gasteiger partial charge in [0.15, 0.2) is 0 Å². The predicted octanol–water partition coefficient (Wildman–Crippen LogP) is 1.92. The molecule has 0 saturated carbocycles. The summed E-state index contributed by atoms with van der Waals surface area (Å²) >= 11 is 0. The van der Waals surface area contributed by atoms with Gasteiger partial charge in [-0.15, -0.1) is 0 Å². The van der Waals surface area contributed by atoms with Crippen molar-refractivity contribution in [1.29, 1.82) is 0 Å². The van der Waals surface area contributed by atoms with E-state index in [0.717, 1.165) is 24.4 Å². The van der Waals surface area contributed by atoms with Crippen molar-refractivity contribution in [2.24, 2.45) is 0 Å². The van der Waals surface area contributed by atoms with Crippen molar-refractivity contribution in [1.82, 2.24) is 0 Å². The number of rotatable bonds is 5. The minimum Gasteiger partial charge on any atom is -0.494 e. The van der Waals surface area contributed by atoms with E-state index in [-0.39, 0.29) is 6.42 Å². The van der Waals surface area contributed by atoms with Gasteiger partial charge in [0.05, 0.1) is 13.0 Å². The van der Waals surface area contributed by atoms with Crippen molar-refractivity contribution in [3.05, 3.63) is 23.8 Å². The van der Waals surface area contributed by atoms with Crippen molar-refractivity contribution in [3.63, 3.8) is 0 Å². The summed E-state index contributed by atoms with van der Waals surface area (Å²) in [6, 6.07) is 6.02. The molecule has 1 aromatic rings. The molecule has 17 heavy (non-hydrogen) atoms. The molecule has 0 radical (unpaired) electrons. The molecule has 0 unspecified atom stereocenters. The zero-order valence-corrected chi connectivity index (χ0v) is 9.98. The number of hydrogen-bond acceptors (Lipinski definition) is 3. The average molecular weight is 235 g/mol. The lowest BCUT2D eigenvalue weighted by Crippen LogP contribution is -2.23. The Kier molecular flexibility index (Phi) is 3.52. The highest BCUT2D eigenvalue weighted by Crippen LogP contribution is 2.31. The second-order valence-corrected chi connectivity index (χ2v) is 4.10. The van der Waals surface area contributed by atoms with Crippen LogP contribution in [-0.4, -0.2) is 30.8 Å². The number of nitrogens with zero attached hydrogens (tertiary/aromatic N) is 1. The van der Waals surface area contributed by atoms with Crippen LogP contribution in [0.2, 0.25) is 0 Å². The molecule has 1 aliphatic rings. The third-order valence-electron chi connectivity index (χ3n) is 2.95. The van der Waals surface area contributed by atoms with E-state index < -0.39 is 5.97 Å². The van der Waals surface area contributed by atoms with Crippen LogP contribution in [0, 0.1) is 0 Å². The molecule has 1 aliphatic heterocycles. The Morgan fingerprint density at radius 2 is 2.35 bits per heavy atom. The van der Waals surface area contributed by atoms with Gasteiger partial charge in [0.1, 0.15) is 5.75 Å². The van der Waals surface area contributed by atoms with Crippen LogP contribution in [0.4, 0.5) is 5.69 Å². The van der Waals surface area contributed by atoms with Gasteiger partial charge in [0.2, 0.25) is 0 Å². The lowest BCUT2D eigenvalue weighted by molar-refractivity contribution is -0.136. The first-order chi connectivity index (χ1) is 8.20. The Bertz CT molecular complexity index is 417. The first-order valence-corrected chi connectivity index (χ1v) is 5.93. The minimum atomic E-state index is -0.746. The zero-order chi connectivity index (χ0) is 12.3. The largest absolute Gasteiger partial charge is 0.494 e. The molecule has 0 saturated heterocycles. The zero-order valence-electron chi connectivity index (χ0n) is 9.98. The third-order valence-corrected chi connectivity index (χ3v) is 2.95. The maximum absolute atomic E-state index is 10.6. The fraction of sp³-hybridized carbons (Fsp3) is 0.462. The second-order valence-electron chi connectivity index (χ2n) is 4.10. The molecule has 2 rings (SSSR count). The summed E-state index contributed by atoms with van der Waals surface area (Å²) in [4.78, 5) is 12.7. The van der Waals surface area contributed by atoms with Gasteiger partial charge in [-0.05, 0) is 37.1 Å².